The van der Waals surface area contributed by atoms with E-state index in [1.807, 2.05) is 297 Å². The summed E-state index contributed by atoms with van der Waals surface area (Å²) >= 11 is 1.84. The summed E-state index contributed by atoms with van der Waals surface area (Å²) in [6, 6.07) is 146. The molecule has 0 saturated carbocycles. The van der Waals surface area contributed by atoms with E-state index in [1.54, 1.807) is 0 Å². The van der Waals surface area contributed by atoms with Gasteiger partial charge in [-0.2, -0.15) is 0 Å². The highest BCUT2D eigenvalue weighted by Crippen LogP contribution is 2.40. The summed E-state index contributed by atoms with van der Waals surface area (Å²) in [5.74, 6) is 3.15. The zero-order valence-electron chi connectivity index (χ0n) is 77.9. The maximum Gasteiger partial charge on any atom is 0.160 e. The van der Waals surface area contributed by atoms with Gasteiger partial charge in [0.05, 0.1) is 67.9 Å². The van der Waals surface area contributed by atoms with Gasteiger partial charge in [0, 0.05) is 127 Å². The molecule has 668 valence electrons. The Morgan fingerprint density at radius 1 is 0.209 bits per heavy atom. The quantitative estimate of drug-likeness (QED) is 0.126. The summed E-state index contributed by atoms with van der Waals surface area (Å²) in [6.07, 6.45) is 5.44. The molecular weight excluding hydrogens is 1720 g/mol. The van der Waals surface area contributed by atoms with Crippen molar-refractivity contribution in [1.82, 2.24) is 64.8 Å². The van der Waals surface area contributed by atoms with Gasteiger partial charge in [-0.1, -0.05) is 334 Å². The minimum atomic E-state index is 0.772. The number of hydrogen-bond acceptors (Lipinski definition) is 15. The molecule has 14 nitrogen and oxygen atoms in total. The van der Waals surface area contributed by atoms with Gasteiger partial charge in [-0.15, -0.1) is 11.3 Å². The van der Waals surface area contributed by atoms with Gasteiger partial charge in [-0.25, -0.2) is 39.9 Å². The van der Waals surface area contributed by atoms with E-state index in [4.69, 9.17) is 9.40 Å². The highest BCUT2D eigenvalue weighted by molar-refractivity contribution is 7.25. The molecule has 0 aliphatic rings. The van der Waals surface area contributed by atoms with Crippen LogP contribution in [-0.4, -0.2) is 64.8 Å². The van der Waals surface area contributed by atoms with Gasteiger partial charge in [0.25, 0.3) is 0 Å². The van der Waals surface area contributed by atoms with E-state index in [9.17, 15) is 0 Å². The van der Waals surface area contributed by atoms with E-state index in [0.29, 0.717) is 0 Å². The Morgan fingerprint density at radius 2 is 0.619 bits per heavy atom. The molecule has 15 heteroatoms. The summed E-state index contributed by atoms with van der Waals surface area (Å²) in [7, 11) is 0. The third kappa shape index (κ3) is 21.7. The first kappa shape index (κ1) is 90.4. The van der Waals surface area contributed by atoms with Crippen molar-refractivity contribution in [3.8, 4) is 112 Å². The van der Waals surface area contributed by atoms with E-state index in [0.717, 1.165) is 190 Å². The van der Waals surface area contributed by atoms with Crippen molar-refractivity contribution in [2.24, 2.45) is 0 Å². The lowest BCUT2D eigenvalue weighted by Gasteiger charge is -2.07. The molecule has 0 aliphatic carbocycles. The monoisotopic (exact) mass is 1810 g/mol. The number of nitrogens with zero attached hydrogens (tertiary/aromatic N) is 13. The lowest BCUT2D eigenvalue weighted by molar-refractivity contribution is 0.669. The summed E-state index contributed by atoms with van der Waals surface area (Å²) < 4.78 is 8.64. The van der Waals surface area contributed by atoms with E-state index in [-0.39, 0.29) is 0 Å². The molecule has 11 heterocycles. The number of para-hydroxylation sites is 3. The molecule has 25 aromatic rings. The number of aryl methyl sites for hydroxylation is 7. The summed E-state index contributed by atoms with van der Waals surface area (Å²) in [4.78, 5) is 58.9. The Hall–Kier alpha value is -17.8. The number of aromatic nitrogens is 13. The van der Waals surface area contributed by atoms with Crippen molar-refractivity contribution >= 4 is 97.2 Å². The molecule has 0 radical (unpaired) electrons. The van der Waals surface area contributed by atoms with E-state index in [2.05, 4.69) is 272 Å². The summed E-state index contributed by atoms with van der Waals surface area (Å²) in [6.45, 7) is 13.9. The lowest BCUT2D eigenvalue weighted by atomic mass is 10.0. The summed E-state index contributed by atoms with van der Waals surface area (Å²) in [5, 5.41) is 8.22. The molecule has 0 fully saturated rings. The van der Waals surface area contributed by atoms with Crippen molar-refractivity contribution in [1.29, 1.82) is 0 Å². The molecule has 139 heavy (non-hydrogen) atoms. The first-order valence-corrected chi connectivity index (χ1v) is 47.0. The van der Waals surface area contributed by atoms with Crippen molar-refractivity contribution in [3.63, 3.8) is 0 Å². The summed E-state index contributed by atoms with van der Waals surface area (Å²) in [5.41, 5.74) is 31.5. The Kier molecular flexibility index (Phi) is 27.7. The fraction of sp³-hybridized carbons (Fsp3) is 0.0565. The molecular formula is C124H95N13OS. The number of thiophene rings is 1. The molecule has 0 unspecified atom stereocenters. The van der Waals surface area contributed by atoms with Crippen molar-refractivity contribution < 1.29 is 4.42 Å². The lowest BCUT2D eigenvalue weighted by Crippen LogP contribution is -1.94. The van der Waals surface area contributed by atoms with Gasteiger partial charge in [-0.05, 0) is 173 Å². The highest BCUT2D eigenvalue weighted by atomic mass is 32.1. The fourth-order valence-electron chi connectivity index (χ4n) is 17.0. The van der Waals surface area contributed by atoms with Crippen LogP contribution < -0.4 is 0 Å². The van der Waals surface area contributed by atoms with Crippen LogP contribution in [0.15, 0.2) is 454 Å². The van der Waals surface area contributed by atoms with E-state index >= 15 is 0 Å². The first-order chi connectivity index (χ1) is 68.3. The first-order valence-electron chi connectivity index (χ1n) is 46.1. The topological polar surface area (TPSA) is 181 Å². The van der Waals surface area contributed by atoms with Crippen molar-refractivity contribution in [2.75, 3.05) is 0 Å². The van der Waals surface area contributed by atoms with Crippen LogP contribution in [0.3, 0.4) is 0 Å². The van der Waals surface area contributed by atoms with Crippen LogP contribution in [0.4, 0.5) is 0 Å². The standard InChI is InChI=1S/C21H14N2O.C21H14N2S.C18H15N.2C17H14N2.2C15H12N2/c2*1-13-22-18-8-4-2-7-17(18)21(23-13)14-10-11-16-15-6-3-5-9-19(15)24-20(16)12-14;1-14-12-17(15-8-4-2-5-9-15)13-18(19-14)16-10-6-3-7-11-16;1-13-18-16(14-8-4-2-5-9-14)12-17(19-13)15-10-6-3-7-11-15;1-13-12-16(14-8-4-2-5-9-14)19-17(18-13)15-10-6-3-7-11-15;1-11-10-13(12-6-3-2-4-7-12)15-14(17-11)8-5-9-16-15;1-11-9-14(12-5-3-2-4-6-12)13-7-8-16-10-15(13)17-11/h2*2-12H,1H3;2-13H,1H3;2*2-12H,1H3;2*2-10H,1H3. The smallest absolute Gasteiger partial charge is 0.160 e. The van der Waals surface area contributed by atoms with Crippen molar-refractivity contribution in [3.05, 3.63) is 490 Å². The number of pyridine rings is 5. The number of furan rings is 1. The van der Waals surface area contributed by atoms with Crippen LogP contribution in [0.1, 0.15) is 40.2 Å². The SMILES string of the molecule is Cc1cc(-c2ccccc2)c2ccncc2n1.Cc1cc(-c2ccccc2)c2ncccc2n1.Cc1cc(-c2ccccc2)cc(-c2ccccc2)n1.Cc1cc(-c2ccccc2)nc(-c2ccccc2)n1.Cc1nc(-c2ccc3c(c2)oc2ccccc23)c2ccccc2n1.Cc1nc(-c2ccc3c(c2)sc2ccccc23)c2ccccc2n1.Cc1nc(-c2ccccc2)cc(-c2ccccc2)n1. The predicted molar refractivity (Wildman–Crippen MR) is 574 cm³/mol. The molecule has 0 bridgehead atoms. The Labute approximate surface area is 811 Å². The average molecular weight is 1820 g/mol. The third-order valence-corrected chi connectivity index (χ3v) is 24.5. The van der Waals surface area contributed by atoms with E-state index < -0.39 is 0 Å². The Balaban J connectivity index is 0.000000104. The van der Waals surface area contributed by atoms with Crippen LogP contribution in [-0.2, 0) is 0 Å². The number of hydrogen-bond donors (Lipinski definition) is 0. The third-order valence-electron chi connectivity index (χ3n) is 23.4. The van der Waals surface area contributed by atoms with E-state index in [1.165, 1.54) is 48.0 Å². The zero-order valence-corrected chi connectivity index (χ0v) is 78.7. The van der Waals surface area contributed by atoms with Crippen LogP contribution >= 0.6 is 11.3 Å². The molecule has 11 aromatic heterocycles. The maximum absolute atomic E-state index is 6.01. The molecule has 14 aromatic carbocycles. The Morgan fingerprint density at radius 3 is 1.19 bits per heavy atom. The van der Waals surface area contributed by atoms with Crippen LogP contribution in [0, 0.1) is 48.5 Å². The van der Waals surface area contributed by atoms with Gasteiger partial charge in [-0.3, -0.25) is 24.9 Å². The second-order valence-corrected chi connectivity index (χ2v) is 34.6. The normalized spacial score (nSPS) is 10.8. The minimum absolute atomic E-state index is 0.772. The molecule has 0 atom stereocenters. The van der Waals surface area contributed by atoms with Gasteiger partial charge in [0.1, 0.15) is 28.6 Å². The number of benzene rings is 14. The molecule has 0 spiro atoms. The maximum atomic E-state index is 6.01. The van der Waals surface area contributed by atoms with Gasteiger partial charge >= 0.3 is 0 Å². The fourth-order valence-corrected chi connectivity index (χ4v) is 18.2. The number of rotatable bonds is 10. The minimum Gasteiger partial charge on any atom is -0.456 e. The van der Waals surface area contributed by atoms with Crippen LogP contribution in [0.2, 0.25) is 0 Å². The number of fused-ring (bicyclic) bond motifs is 10. The van der Waals surface area contributed by atoms with Crippen LogP contribution in [0.5, 0.6) is 0 Å². The molecule has 0 amide bonds. The van der Waals surface area contributed by atoms with Gasteiger partial charge in [0.15, 0.2) is 5.82 Å². The van der Waals surface area contributed by atoms with Gasteiger partial charge < -0.3 is 4.42 Å². The predicted octanol–water partition coefficient (Wildman–Crippen LogP) is 31.7. The van der Waals surface area contributed by atoms with Crippen LogP contribution in [0.25, 0.3) is 198 Å². The van der Waals surface area contributed by atoms with Crippen molar-refractivity contribution in [2.45, 2.75) is 48.5 Å². The molecule has 0 N–H and O–H groups in total. The molecule has 0 saturated heterocycles. The zero-order chi connectivity index (χ0) is 94.8. The Bertz CT molecular complexity index is 7790. The second-order valence-electron chi connectivity index (χ2n) is 33.5. The highest BCUT2D eigenvalue weighted by Gasteiger charge is 2.17. The molecule has 25 rings (SSSR count). The second kappa shape index (κ2) is 42.6. The largest absolute Gasteiger partial charge is 0.456 e. The van der Waals surface area contributed by atoms with Gasteiger partial charge in [0.2, 0.25) is 0 Å². The molecule has 0 aliphatic heterocycles. The average Bonchev–Trinajstić information content (AvgIpc) is 1.67.